The smallest absolute Gasteiger partial charge is 0.333 e. The summed E-state index contributed by atoms with van der Waals surface area (Å²) in [5.41, 5.74) is 1.22. The number of nitrogens with one attached hydrogen (secondary N) is 1. The van der Waals surface area contributed by atoms with Crippen LogP contribution < -0.4 is 5.32 Å². The van der Waals surface area contributed by atoms with Crippen molar-refractivity contribution in [3.63, 3.8) is 0 Å². The van der Waals surface area contributed by atoms with Crippen molar-refractivity contribution in [2.75, 3.05) is 18.9 Å². The maximum Gasteiger partial charge on any atom is 0.333 e. The summed E-state index contributed by atoms with van der Waals surface area (Å²) in [5.74, 6) is -0.706. The molecule has 26 heavy (non-hydrogen) atoms. The van der Waals surface area contributed by atoms with Gasteiger partial charge in [-0.3, -0.25) is 14.5 Å². The lowest BCUT2D eigenvalue weighted by Crippen LogP contribution is -2.41. The number of rotatable bonds is 8. The highest BCUT2D eigenvalue weighted by atomic mass is 32.2. The van der Waals surface area contributed by atoms with Crippen LogP contribution in [-0.4, -0.2) is 47.6 Å². The topological polar surface area (TPSA) is 75.7 Å². The molecule has 6 nitrogen and oxygen atoms in total. The van der Waals surface area contributed by atoms with Gasteiger partial charge in [0.15, 0.2) is 0 Å². The molecule has 1 aromatic rings. The number of hydrogen-bond acceptors (Lipinski definition) is 5. The van der Waals surface area contributed by atoms with Crippen LogP contribution >= 0.6 is 11.8 Å². The maximum absolute atomic E-state index is 12.3. The first-order chi connectivity index (χ1) is 12.5. The lowest BCUT2D eigenvalue weighted by molar-refractivity contribution is -0.137. The Morgan fingerprint density at radius 1 is 1.35 bits per heavy atom. The third-order valence-electron chi connectivity index (χ3n) is 3.86. The van der Waals surface area contributed by atoms with E-state index in [2.05, 4.69) is 17.4 Å². The van der Waals surface area contributed by atoms with Crippen molar-refractivity contribution in [2.45, 2.75) is 32.7 Å². The van der Waals surface area contributed by atoms with E-state index < -0.39 is 5.97 Å². The minimum absolute atomic E-state index is 0.00875. The van der Waals surface area contributed by atoms with Crippen LogP contribution in [0.4, 0.5) is 0 Å². The van der Waals surface area contributed by atoms with Crippen molar-refractivity contribution in [1.82, 2.24) is 10.2 Å². The van der Waals surface area contributed by atoms with Crippen molar-refractivity contribution in [1.29, 1.82) is 0 Å². The van der Waals surface area contributed by atoms with Gasteiger partial charge in [-0.2, -0.15) is 0 Å². The molecule has 1 heterocycles. The van der Waals surface area contributed by atoms with Gasteiger partial charge in [-0.25, -0.2) is 4.79 Å². The Hall–Kier alpha value is -2.28. The second-order valence-electron chi connectivity index (χ2n) is 6.00. The Morgan fingerprint density at radius 2 is 2.08 bits per heavy atom. The van der Waals surface area contributed by atoms with Crippen LogP contribution in [0.15, 0.2) is 41.4 Å². The predicted molar refractivity (Wildman–Crippen MR) is 101 cm³/mol. The number of hydrogen-bond donors (Lipinski definition) is 1. The summed E-state index contributed by atoms with van der Waals surface area (Å²) in [6, 6.07) is 10.1. The molecule has 1 aliphatic rings. The van der Waals surface area contributed by atoms with Gasteiger partial charge in [-0.05, 0) is 32.3 Å². The number of amides is 2. The summed E-state index contributed by atoms with van der Waals surface area (Å²) < 4.78 is 4.86. The van der Waals surface area contributed by atoms with Crippen molar-refractivity contribution in [3.05, 3.63) is 47.0 Å². The van der Waals surface area contributed by atoms with Crippen molar-refractivity contribution >= 4 is 29.5 Å². The molecule has 7 heteroatoms. The average Bonchev–Trinajstić information content (AvgIpc) is 2.94. The Morgan fingerprint density at radius 3 is 2.77 bits per heavy atom. The van der Waals surface area contributed by atoms with Gasteiger partial charge < -0.3 is 10.1 Å². The van der Waals surface area contributed by atoms with Crippen molar-refractivity contribution in [3.8, 4) is 0 Å². The Balaban J connectivity index is 1.84. The molecule has 0 unspecified atom stereocenters. The number of carbonyl (C=O) groups is 3. The van der Waals surface area contributed by atoms with Crippen molar-refractivity contribution < 1.29 is 19.1 Å². The lowest BCUT2D eigenvalue weighted by Gasteiger charge is -2.19. The van der Waals surface area contributed by atoms with Gasteiger partial charge in [0, 0.05) is 6.04 Å². The number of thioether (sulfide) groups is 1. The van der Waals surface area contributed by atoms with E-state index in [1.165, 1.54) is 28.3 Å². The number of nitrogens with zero attached hydrogens (tertiary/aromatic N) is 1. The fourth-order valence-electron chi connectivity index (χ4n) is 2.55. The molecule has 1 atom stereocenters. The van der Waals surface area contributed by atoms with Gasteiger partial charge in [0.05, 0.1) is 23.5 Å². The summed E-state index contributed by atoms with van der Waals surface area (Å²) in [4.78, 5) is 37.2. The molecule has 0 saturated carbocycles. The van der Waals surface area contributed by atoms with Gasteiger partial charge in [-0.15, -0.1) is 0 Å². The lowest BCUT2D eigenvalue weighted by atomic mass is 10.1. The number of esters is 1. The van der Waals surface area contributed by atoms with Gasteiger partial charge >= 0.3 is 5.97 Å². The maximum atomic E-state index is 12.3. The highest BCUT2D eigenvalue weighted by Gasteiger charge is 2.29. The third kappa shape index (κ3) is 6.22. The average molecular weight is 376 g/mol. The molecule has 1 fully saturated rings. The van der Waals surface area contributed by atoms with Crippen LogP contribution in [0.25, 0.3) is 0 Å². The first kappa shape index (κ1) is 20.0. The molecule has 1 aliphatic heterocycles. The van der Waals surface area contributed by atoms with Crippen LogP contribution in [0.1, 0.15) is 25.8 Å². The number of benzene rings is 1. The van der Waals surface area contributed by atoms with E-state index in [4.69, 9.17) is 4.74 Å². The van der Waals surface area contributed by atoms with E-state index in [9.17, 15) is 14.4 Å². The largest absolute Gasteiger partial charge is 0.463 e. The Bertz CT molecular complexity index is 675. The molecular formula is C19H24N2O4S. The minimum atomic E-state index is -0.508. The summed E-state index contributed by atoms with van der Waals surface area (Å²) in [5, 5.41) is 3.37. The van der Waals surface area contributed by atoms with E-state index in [-0.39, 0.29) is 36.8 Å². The van der Waals surface area contributed by atoms with Crippen LogP contribution in [0.5, 0.6) is 0 Å². The zero-order chi connectivity index (χ0) is 18.9. The zero-order valence-electron chi connectivity index (χ0n) is 15.1. The molecule has 2 amide bonds. The van der Waals surface area contributed by atoms with E-state index in [0.717, 1.165) is 12.8 Å². The number of carbonyl (C=O) groups excluding carboxylic acids is 3. The first-order valence-electron chi connectivity index (χ1n) is 8.64. The second kappa shape index (κ2) is 10.0. The van der Waals surface area contributed by atoms with E-state index in [1.54, 1.807) is 6.92 Å². The summed E-state index contributed by atoms with van der Waals surface area (Å²) in [6.07, 6.45) is 2.95. The van der Waals surface area contributed by atoms with Gasteiger partial charge in [0.25, 0.3) is 0 Å². The summed E-state index contributed by atoms with van der Waals surface area (Å²) in [7, 11) is 0. The van der Waals surface area contributed by atoms with E-state index in [1.807, 2.05) is 25.1 Å². The Kier molecular flexibility index (Phi) is 7.72. The first-order valence-corrected chi connectivity index (χ1v) is 9.63. The molecule has 0 radical (unpaired) electrons. The molecule has 140 valence electrons. The fraction of sp³-hybridized carbons (Fsp3) is 0.421. The standard InChI is InChI=1S/C19H24N2O4S/c1-3-25-19(24)11-18-21(17(23)13-26-18)12-16(22)20-14(2)9-10-15-7-5-4-6-8-15/h4-8,11,14H,3,9-10,12-13H2,1-2H3,(H,20,22)/b18-11-/t14-/m0/s1. The molecule has 1 saturated heterocycles. The van der Waals surface area contributed by atoms with Gasteiger partial charge in [-0.1, -0.05) is 42.1 Å². The molecule has 0 aromatic heterocycles. The second-order valence-corrected chi connectivity index (χ2v) is 6.99. The fourth-order valence-corrected chi connectivity index (χ4v) is 3.48. The highest BCUT2D eigenvalue weighted by molar-refractivity contribution is 8.04. The van der Waals surface area contributed by atoms with Crippen molar-refractivity contribution in [2.24, 2.45) is 0 Å². The monoisotopic (exact) mass is 376 g/mol. The van der Waals surface area contributed by atoms with Crippen LogP contribution in [0.2, 0.25) is 0 Å². The molecule has 1 N–H and O–H groups in total. The molecular weight excluding hydrogens is 352 g/mol. The summed E-state index contributed by atoms with van der Waals surface area (Å²) in [6.45, 7) is 3.83. The Labute approximate surface area is 158 Å². The molecule has 1 aromatic carbocycles. The highest BCUT2D eigenvalue weighted by Crippen LogP contribution is 2.28. The van der Waals surface area contributed by atoms with Crippen LogP contribution in [0, 0.1) is 0 Å². The van der Waals surface area contributed by atoms with Gasteiger partial charge in [0.1, 0.15) is 6.54 Å². The van der Waals surface area contributed by atoms with E-state index in [0.29, 0.717) is 5.03 Å². The SMILES string of the molecule is CCOC(=O)/C=C1\SCC(=O)N1CC(=O)N[C@@H](C)CCc1ccccc1. The molecule has 0 spiro atoms. The molecule has 0 aliphatic carbocycles. The summed E-state index contributed by atoms with van der Waals surface area (Å²) >= 11 is 1.24. The number of ether oxygens (including phenoxy) is 1. The zero-order valence-corrected chi connectivity index (χ0v) is 15.9. The predicted octanol–water partition coefficient (Wildman–Crippen LogP) is 2.10. The van der Waals surface area contributed by atoms with Crippen LogP contribution in [-0.2, 0) is 25.5 Å². The van der Waals surface area contributed by atoms with Gasteiger partial charge in [0.2, 0.25) is 11.8 Å². The van der Waals surface area contributed by atoms with Crippen LogP contribution in [0.3, 0.4) is 0 Å². The quantitative estimate of drug-likeness (QED) is 0.555. The third-order valence-corrected chi connectivity index (χ3v) is 4.88. The van der Waals surface area contributed by atoms with E-state index >= 15 is 0 Å². The molecule has 2 rings (SSSR count). The minimum Gasteiger partial charge on any atom is -0.463 e. The normalized spacial score (nSPS) is 16.6. The molecule has 0 bridgehead atoms. The number of aryl methyl sites for hydroxylation is 1.